The van der Waals surface area contributed by atoms with E-state index in [4.69, 9.17) is 4.74 Å². The van der Waals surface area contributed by atoms with Crippen LogP contribution in [0.5, 0.6) is 5.75 Å². The molecule has 5 heteroatoms. The topological polar surface area (TPSA) is 56.1 Å². The molecule has 24 heavy (non-hydrogen) atoms. The van der Waals surface area contributed by atoms with Crippen LogP contribution >= 0.6 is 0 Å². The molecule has 2 aromatic rings. The van der Waals surface area contributed by atoms with Gasteiger partial charge in [0.1, 0.15) is 5.75 Å². The first-order valence-electron chi connectivity index (χ1n) is 8.50. The molecule has 0 fully saturated rings. The van der Waals surface area contributed by atoms with Gasteiger partial charge >= 0.3 is 0 Å². The molecule has 0 unspecified atom stereocenters. The Morgan fingerprint density at radius 3 is 2.79 bits per heavy atom. The van der Waals surface area contributed by atoms with Crippen LogP contribution in [-0.4, -0.2) is 22.3 Å². The van der Waals surface area contributed by atoms with Crippen molar-refractivity contribution >= 4 is 11.6 Å². The summed E-state index contributed by atoms with van der Waals surface area (Å²) in [5.74, 6) is 0.950. The molecule has 0 aliphatic rings. The third-order valence-corrected chi connectivity index (χ3v) is 3.81. The van der Waals surface area contributed by atoms with Gasteiger partial charge < -0.3 is 10.1 Å². The van der Waals surface area contributed by atoms with E-state index in [0.717, 1.165) is 29.8 Å². The van der Waals surface area contributed by atoms with Crippen molar-refractivity contribution in [3.05, 3.63) is 41.7 Å². The van der Waals surface area contributed by atoms with Crippen LogP contribution in [-0.2, 0) is 4.79 Å². The molecule has 0 spiro atoms. The van der Waals surface area contributed by atoms with Crippen molar-refractivity contribution in [3.63, 3.8) is 0 Å². The van der Waals surface area contributed by atoms with Crippen LogP contribution in [0.15, 0.2) is 30.6 Å². The molecule has 1 N–H and O–H groups in total. The van der Waals surface area contributed by atoms with Gasteiger partial charge in [-0.25, -0.2) is 0 Å². The number of unbranched alkanes of at least 4 members (excludes halogenated alkanes) is 1. The van der Waals surface area contributed by atoms with Gasteiger partial charge in [-0.2, -0.15) is 5.10 Å². The summed E-state index contributed by atoms with van der Waals surface area (Å²) in [5.41, 5.74) is 3.08. The third-order valence-electron chi connectivity index (χ3n) is 3.81. The lowest BCUT2D eigenvalue weighted by atomic mass is 10.1. The number of nitrogens with zero attached hydrogens (tertiary/aromatic N) is 2. The number of carbonyl (C=O) groups is 1. The van der Waals surface area contributed by atoms with Gasteiger partial charge in [0.05, 0.1) is 18.5 Å². The van der Waals surface area contributed by atoms with Crippen molar-refractivity contribution in [2.24, 2.45) is 0 Å². The highest BCUT2D eigenvalue weighted by Crippen LogP contribution is 2.19. The van der Waals surface area contributed by atoms with Gasteiger partial charge in [0, 0.05) is 18.7 Å². The highest BCUT2D eigenvalue weighted by molar-refractivity contribution is 5.90. The molecule has 1 amide bonds. The average Bonchev–Trinajstić information content (AvgIpc) is 2.99. The van der Waals surface area contributed by atoms with Crippen molar-refractivity contribution in [1.82, 2.24) is 9.78 Å². The predicted octanol–water partition coefficient (Wildman–Crippen LogP) is 4.27. The lowest BCUT2D eigenvalue weighted by molar-refractivity contribution is -0.116. The van der Waals surface area contributed by atoms with E-state index < -0.39 is 0 Å². The Labute approximate surface area is 144 Å². The number of nitrogens with one attached hydrogen (secondary N) is 1. The minimum atomic E-state index is 0.0186. The van der Waals surface area contributed by atoms with E-state index in [1.807, 2.05) is 17.8 Å². The Morgan fingerprint density at radius 1 is 1.29 bits per heavy atom. The Kier molecular flexibility index (Phi) is 6.41. The number of carbonyl (C=O) groups excluding carboxylic acids is 1. The van der Waals surface area contributed by atoms with Crippen LogP contribution in [0, 0.1) is 13.8 Å². The highest BCUT2D eigenvalue weighted by Gasteiger charge is 2.06. The number of amides is 1. The maximum Gasteiger partial charge on any atom is 0.224 e. The number of benzene rings is 1. The fourth-order valence-corrected chi connectivity index (χ4v) is 2.34. The Hall–Kier alpha value is -2.30. The minimum Gasteiger partial charge on any atom is -0.493 e. The van der Waals surface area contributed by atoms with Crippen molar-refractivity contribution in [2.45, 2.75) is 53.0 Å². The second kappa shape index (κ2) is 8.52. The molecule has 1 heterocycles. The van der Waals surface area contributed by atoms with Crippen molar-refractivity contribution in [1.29, 1.82) is 0 Å². The molecule has 1 aromatic carbocycles. The fraction of sp³-hybridized carbons (Fsp3) is 0.474. The lowest BCUT2D eigenvalue weighted by Gasteiger charge is -2.09. The Morgan fingerprint density at radius 2 is 2.08 bits per heavy atom. The first kappa shape index (κ1) is 18.0. The Balaban J connectivity index is 1.66. The maximum absolute atomic E-state index is 11.9. The molecule has 0 saturated carbocycles. The zero-order valence-electron chi connectivity index (χ0n) is 15.0. The number of aromatic nitrogens is 2. The van der Waals surface area contributed by atoms with E-state index >= 15 is 0 Å². The van der Waals surface area contributed by atoms with Gasteiger partial charge in [0.25, 0.3) is 0 Å². The van der Waals surface area contributed by atoms with Gasteiger partial charge in [-0.3, -0.25) is 9.48 Å². The second-order valence-electron chi connectivity index (χ2n) is 6.43. The largest absolute Gasteiger partial charge is 0.493 e. The van der Waals surface area contributed by atoms with Crippen molar-refractivity contribution < 1.29 is 9.53 Å². The molecule has 0 saturated heterocycles. The quantitative estimate of drug-likeness (QED) is 0.736. The third kappa shape index (κ3) is 5.41. The molecule has 0 atom stereocenters. The van der Waals surface area contributed by atoms with Crippen LogP contribution in [0.2, 0.25) is 0 Å². The number of hydrogen-bond acceptors (Lipinski definition) is 3. The SMILES string of the molecule is Cc1ccc(C)c(OCCCCC(=O)Nc2cnn(C(C)C)c2)c1. The summed E-state index contributed by atoms with van der Waals surface area (Å²) in [4.78, 5) is 11.9. The number of aryl methyl sites for hydroxylation is 2. The molecule has 2 rings (SSSR count). The molecule has 130 valence electrons. The molecule has 1 aromatic heterocycles. The summed E-state index contributed by atoms with van der Waals surface area (Å²) in [5, 5.41) is 7.09. The van der Waals surface area contributed by atoms with E-state index in [2.05, 4.69) is 49.4 Å². The van der Waals surface area contributed by atoms with Crippen molar-refractivity contribution in [3.8, 4) is 5.75 Å². The first-order valence-corrected chi connectivity index (χ1v) is 8.50. The lowest BCUT2D eigenvalue weighted by Crippen LogP contribution is -2.11. The number of rotatable bonds is 8. The summed E-state index contributed by atoms with van der Waals surface area (Å²) in [6.45, 7) is 8.82. The summed E-state index contributed by atoms with van der Waals surface area (Å²) >= 11 is 0. The molecular weight excluding hydrogens is 302 g/mol. The summed E-state index contributed by atoms with van der Waals surface area (Å²) in [6, 6.07) is 6.48. The van der Waals surface area contributed by atoms with Crippen LogP contribution in [0.3, 0.4) is 0 Å². The molecule has 5 nitrogen and oxygen atoms in total. The van der Waals surface area contributed by atoms with E-state index in [-0.39, 0.29) is 11.9 Å². The number of ether oxygens (including phenoxy) is 1. The predicted molar refractivity (Wildman–Crippen MR) is 96.5 cm³/mol. The molecule has 0 aliphatic carbocycles. The zero-order valence-corrected chi connectivity index (χ0v) is 15.0. The van der Waals surface area contributed by atoms with E-state index in [1.165, 1.54) is 5.56 Å². The summed E-state index contributed by atoms with van der Waals surface area (Å²) in [7, 11) is 0. The standard InChI is InChI=1S/C19H27N3O2/c1-14(2)22-13-17(12-20-22)21-19(23)7-5-6-10-24-18-11-15(3)8-9-16(18)4/h8-9,11-14H,5-7,10H2,1-4H3,(H,21,23). The first-order chi connectivity index (χ1) is 11.5. The highest BCUT2D eigenvalue weighted by atomic mass is 16.5. The van der Waals surface area contributed by atoms with Crippen LogP contribution < -0.4 is 10.1 Å². The fourth-order valence-electron chi connectivity index (χ4n) is 2.34. The molecule has 0 bridgehead atoms. The van der Waals surface area contributed by atoms with Gasteiger partial charge in [0.2, 0.25) is 5.91 Å². The average molecular weight is 329 g/mol. The number of anilines is 1. The monoisotopic (exact) mass is 329 g/mol. The van der Waals surface area contributed by atoms with E-state index in [1.54, 1.807) is 6.20 Å². The van der Waals surface area contributed by atoms with Gasteiger partial charge in [-0.1, -0.05) is 12.1 Å². The normalized spacial score (nSPS) is 10.9. The smallest absolute Gasteiger partial charge is 0.224 e. The second-order valence-corrected chi connectivity index (χ2v) is 6.43. The van der Waals surface area contributed by atoms with E-state index in [0.29, 0.717) is 13.0 Å². The van der Waals surface area contributed by atoms with Gasteiger partial charge in [0.15, 0.2) is 0 Å². The summed E-state index contributed by atoms with van der Waals surface area (Å²) < 4.78 is 7.63. The molecule has 0 aliphatic heterocycles. The van der Waals surface area contributed by atoms with Gasteiger partial charge in [-0.15, -0.1) is 0 Å². The van der Waals surface area contributed by atoms with E-state index in [9.17, 15) is 4.79 Å². The minimum absolute atomic E-state index is 0.0186. The molecular formula is C19H27N3O2. The zero-order chi connectivity index (χ0) is 17.5. The number of hydrogen-bond donors (Lipinski definition) is 1. The van der Waals surface area contributed by atoms with Crippen LogP contribution in [0.25, 0.3) is 0 Å². The van der Waals surface area contributed by atoms with Crippen LogP contribution in [0.1, 0.15) is 50.3 Å². The maximum atomic E-state index is 11.9. The Bertz CT molecular complexity index is 677. The van der Waals surface area contributed by atoms with Crippen molar-refractivity contribution in [2.75, 3.05) is 11.9 Å². The summed E-state index contributed by atoms with van der Waals surface area (Å²) in [6.07, 6.45) is 5.68. The van der Waals surface area contributed by atoms with Gasteiger partial charge in [-0.05, 0) is 57.7 Å². The molecule has 0 radical (unpaired) electrons. The van der Waals surface area contributed by atoms with Crippen LogP contribution in [0.4, 0.5) is 5.69 Å².